The largest absolute Gasteiger partial charge is 0.467 e. The van der Waals surface area contributed by atoms with Crippen molar-refractivity contribution in [1.29, 1.82) is 0 Å². The van der Waals surface area contributed by atoms with Gasteiger partial charge in [0, 0.05) is 49.9 Å². The predicted octanol–water partition coefficient (Wildman–Crippen LogP) is 7.13. The van der Waals surface area contributed by atoms with Crippen molar-refractivity contribution in [2.75, 3.05) is 51.6 Å². The molecule has 1 aliphatic carbocycles. The number of anilines is 1. The van der Waals surface area contributed by atoms with Crippen LogP contribution in [0.1, 0.15) is 77.7 Å². The standard InChI is InChI=1S/C38H47ClF2N6O5/c1-21-11-26(21)30-27(12-25(13-29(30)39)51-20-49-5)32-31(41)33-28(15-42-32)34(44-35(43-33)50-19-38-9-6-10-46(38)16-22(40)14-38)45-17-23-7-8-24(18-45)47(23)36(48)52-37(2,3)4/h12-13,15,21-24,26H,6-11,14,16-20H2,1-5H3/t21-,22+,23?,24?,26-,38-/m0/s1. The number of halogens is 3. The first-order chi connectivity index (χ1) is 24.8. The zero-order valence-corrected chi connectivity index (χ0v) is 31.2. The van der Waals surface area contributed by atoms with E-state index in [1.165, 1.54) is 7.11 Å². The van der Waals surface area contributed by atoms with Gasteiger partial charge in [-0.05, 0) is 89.0 Å². The quantitative estimate of drug-likeness (QED) is 0.211. The molecule has 280 valence electrons. The van der Waals surface area contributed by atoms with E-state index in [1.54, 1.807) is 18.3 Å². The fourth-order valence-electron chi connectivity index (χ4n) is 8.95. The number of hydrogen-bond donors (Lipinski definition) is 0. The van der Waals surface area contributed by atoms with Crippen LogP contribution in [0.25, 0.3) is 22.2 Å². The Kier molecular flexibility index (Phi) is 9.13. The van der Waals surface area contributed by atoms with Crippen LogP contribution in [0.15, 0.2) is 18.3 Å². The van der Waals surface area contributed by atoms with E-state index in [0.717, 1.165) is 44.2 Å². The number of benzene rings is 1. The highest BCUT2D eigenvalue weighted by molar-refractivity contribution is 6.32. The first-order valence-corrected chi connectivity index (χ1v) is 18.8. The number of methoxy groups -OCH3 is 1. The second kappa shape index (κ2) is 13.4. The average molecular weight is 741 g/mol. The highest BCUT2D eigenvalue weighted by Crippen LogP contribution is 2.53. The third-order valence-corrected chi connectivity index (χ3v) is 11.8. The third kappa shape index (κ3) is 6.51. The number of hydrogen-bond acceptors (Lipinski definition) is 10. The van der Waals surface area contributed by atoms with Gasteiger partial charge in [0.1, 0.15) is 41.2 Å². The van der Waals surface area contributed by atoms with Gasteiger partial charge in [-0.2, -0.15) is 9.97 Å². The van der Waals surface area contributed by atoms with Gasteiger partial charge in [-0.1, -0.05) is 18.5 Å². The van der Waals surface area contributed by atoms with Crippen LogP contribution in [-0.4, -0.2) is 107 Å². The summed E-state index contributed by atoms with van der Waals surface area (Å²) in [6.45, 7) is 10.1. The van der Waals surface area contributed by atoms with Gasteiger partial charge in [0.15, 0.2) is 12.6 Å². The summed E-state index contributed by atoms with van der Waals surface area (Å²) >= 11 is 6.86. The summed E-state index contributed by atoms with van der Waals surface area (Å²) in [4.78, 5) is 33.7. The minimum Gasteiger partial charge on any atom is -0.467 e. The molecule has 0 N–H and O–H groups in total. The molecule has 1 saturated carbocycles. The molecule has 5 aliphatic rings. The van der Waals surface area contributed by atoms with Crippen LogP contribution in [0.2, 0.25) is 5.02 Å². The minimum absolute atomic E-state index is 0.00507. The van der Waals surface area contributed by atoms with E-state index in [9.17, 15) is 9.18 Å². The minimum atomic E-state index is -0.918. The first kappa shape index (κ1) is 35.5. The summed E-state index contributed by atoms with van der Waals surface area (Å²) < 4.78 is 54.8. The van der Waals surface area contributed by atoms with E-state index >= 15 is 4.39 Å². The van der Waals surface area contributed by atoms with Crippen LogP contribution in [-0.2, 0) is 9.47 Å². The van der Waals surface area contributed by atoms with Crippen LogP contribution >= 0.6 is 11.6 Å². The fourth-order valence-corrected chi connectivity index (χ4v) is 9.30. The first-order valence-electron chi connectivity index (χ1n) is 18.4. The van der Waals surface area contributed by atoms with E-state index in [1.807, 2.05) is 25.7 Å². The lowest BCUT2D eigenvalue weighted by Crippen LogP contribution is -2.57. The van der Waals surface area contributed by atoms with Gasteiger partial charge in [0.25, 0.3) is 0 Å². The van der Waals surface area contributed by atoms with Crippen molar-refractivity contribution in [3.63, 3.8) is 0 Å². The molecule has 0 spiro atoms. The number of carbonyl (C=O) groups is 1. The van der Waals surface area contributed by atoms with Crippen LogP contribution in [0.3, 0.4) is 0 Å². The van der Waals surface area contributed by atoms with E-state index in [4.69, 9.17) is 40.5 Å². The molecule has 8 rings (SSSR count). The molecule has 11 nitrogen and oxygen atoms in total. The van der Waals surface area contributed by atoms with Crippen molar-refractivity contribution in [2.45, 2.75) is 102 Å². The number of carbonyl (C=O) groups excluding carboxylic acids is 1. The second-order valence-electron chi connectivity index (χ2n) is 16.3. The van der Waals surface area contributed by atoms with E-state index in [0.29, 0.717) is 59.5 Å². The van der Waals surface area contributed by atoms with Crippen molar-refractivity contribution in [2.24, 2.45) is 5.92 Å². The second-order valence-corrected chi connectivity index (χ2v) is 16.7. The van der Waals surface area contributed by atoms with Crippen LogP contribution in [0.5, 0.6) is 11.8 Å². The summed E-state index contributed by atoms with van der Waals surface area (Å²) in [6, 6.07) is 3.31. The van der Waals surface area contributed by atoms with Crippen molar-refractivity contribution in [1.82, 2.24) is 24.8 Å². The smallest absolute Gasteiger partial charge is 0.410 e. The van der Waals surface area contributed by atoms with E-state index < -0.39 is 23.1 Å². The van der Waals surface area contributed by atoms with Crippen molar-refractivity contribution in [3.8, 4) is 23.0 Å². The number of alkyl halides is 1. The number of piperazine rings is 1. The molecule has 6 heterocycles. The number of pyridine rings is 1. The van der Waals surface area contributed by atoms with Gasteiger partial charge < -0.3 is 23.8 Å². The van der Waals surface area contributed by atoms with Gasteiger partial charge in [-0.15, -0.1) is 0 Å². The van der Waals surface area contributed by atoms with E-state index in [2.05, 4.69) is 21.7 Å². The maximum absolute atomic E-state index is 17.2. The highest BCUT2D eigenvalue weighted by atomic mass is 35.5. The molecule has 3 aromatic rings. The van der Waals surface area contributed by atoms with Crippen LogP contribution < -0.4 is 14.4 Å². The monoisotopic (exact) mass is 740 g/mol. The Morgan fingerprint density at radius 2 is 1.87 bits per heavy atom. The number of ether oxygens (including phenoxy) is 4. The van der Waals surface area contributed by atoms with Gasteiger partial charge in [0.05, 0.1) is 23.0 Å². The zero-order valence-electron chi connectivity index (χ0n) is 30.5. The molecule has 4 aliphatic heterocycles. The average Bonchev–Trinajstić information content (AvgIpc) is 3.39. The summed E-state index contributed by atoms with van der Waals surface area (Å²) in [5.74, 6) is 0.853. The van der Waals surface area contributed by atoms with Crippen molar-refractivity contribution in [3.05, 3.63) is 34.7 Å². The molecule has 4 saturated heterocycles. The van der Waals surface area contributed by atoms with Crippen LogP contribution in [0, 0.1) is 11.7 Å². The van der Waals surface area contributed by atoms with Gasteiger partial charge in [-0.25, -0.2) is 13.6 Å². The molecule has 14 heteroatoms. The fraction of sp³-hybridized carbons (Fsp3) is 0.632. The molecular weight excluding hydrogens is 694 g/mol. The molecule has 1 aromatic carbocycles. The highest BCUT2D eigenvalue weighted by Gasteiger charge is 2.50. The Bertz CT molecular complexity index is 1870. The molecule has 1 amide bonds. The predicted molar refractivity (Wildman–Crippen MR) is 192 cm³/mol. The molecule has 2 bridgehead atoms. The normalized spacial score (nSPS) is 28.4. The van der Waals surface area contributed by atoms with E-state index in [-0.39, 0.29) is 54.7 Å². The summed E-state index contributed by atoms with van der Waals surface area (Å²) in [6.07, 6.45) is 5.10. The van der Waals surface area contributed by atoms with Crippen molar-refractivity contribution >= 4 is 34.4 Å². The molecule has 2 aromatic heterocycles. The third-order valence-electron chi connectivity index (χ3n) is 11.4. The molecule has 2 unspecified atom stereocenters. The lowest BCUT2D eigenvalue weighted by atomic mass is 9.95. The molecule has 0 radical (unpaired) electrons. The SMILES string of the molecule is COCOc1cc(Cl)c([C@H]2C[C@@H]2C)c(-c2ncc3c(N4CC5CCC(C4)N5C(=O)OC(C)(C)C)nc(OC[C@@]45CCCN4C[C@H](F)C5)nc3c2F)c1. The lowest BCUT2D eigenvalue weighted by molar-refractivity contribution is 0.0122. The Labute approximate surface area is 307 Å². The number of fused-ring (bicyclic) bond motifs is 4. The molecule has 6 atom stereocenters. The van der Waals surface area contributed by atoms with Gasteiger partial charge >= 0.3 is 12.1 Å². The number of aromatic nitrogens is 3. The Balaban J connectivity index is 1.20. The number of nitrogens with zero attached hydrogens (tertiary/aromatic N) is 6. The molecular formula is C38H47ClF2N6O5. The van der Waals surface area contributed by atoms with Crippen LogP contribution in [0.4, 0.5) is 19.4 Å². The summed E-state index contributed by atoms with van der Waals surface area (Å²) in [5, 5.41) is 0.913. The molecule has 52 heavy (non-hydrogen) atoms. The molecule has 5 fully saturated rings. The topological polar surface area (TPSA) is 102 Å². The van der Waals surface area contributed by atoms with Crippen molar-refractivity contribution < 1.29 is 32.5 Å². The Morgan fingerprint density at radius 3 is 2.56 bits per heavy atom. The van der Waals surface area contributed by atoms with Gasteiger partial charge in [-0.3, -0.25) is 14.8 Å². The maximum atomic E-state index is 17.2. The Morgan fingerprint density at radius 1 is 1.12 bits per heavy atom. The van der Waals surface area contributed by atoms with Gasteiger partial charge in [0.2, 0.25) is 0 Å². The number of amides is 1. The Hall–Kier alpha value is -3.55. The lowest BCUT2D eigenvalue weighted by Gasteiger charge is -2.42. The zero-order chi connectivity index (χ0) is 36.5. The number of rotatable bonds is 9. The summed E-state index contributed by atoms with van der Waals surface area (Å²) in [5.41, 5.74) is 0.487. The summed E-state index contributed by atoms with van der Waals surface area (Å²) in [7, 11) is 1.53. The maximum Gasteiger partial charge on any atom is 0.410 e.